The molecule has 6 heteroatoms. The molecule has 0 bridgehead atoms. The van der Waals surface area contributed by atoms with Crippen molar-refractivity contribution >= 4 is 18.0 Å². The highest BCUT2D eigenvalue weighted by Crippen LogP contribution is 2.19. The van der Waals surface area contributed by atoms with Crippen molar-refractivity contribution < 1.29 is 14.7 Å². The number of imide groups is 1. The SMILES string of the molecule is CN1C(=O)N/C(=C/c2cccn2-c2ccc(O)cc2)C1=O. The number of carbonyl (C=O) groups excluding carboxylic acids is 2. The van der Waals surface area contributed by atoms with Crippen LogP contribution in [-0.4, -0.2) is 33.6 Å². The Morgan fingerprint density at radius 3 is 2.48 bits per heavy atom. The molecule has 0 spiro atoms. The third-order valence-electron chi connectivity index (χ3n) is 3.28. The van der Waals surface area contributed by atoms with Crippen LogP contribution in [0, 0.1) is 0 Å². The standard InChI is InChI=1S/C15H13N3O3/c1-17-14(20)13(16-15(17)21)9-11-3-2-8-18(11)10-4-6-12(19)7-5-10/h2-9,19H,1H3,(H,16,21)/b13-9+. The van der Waals surface area contributed by atoms with E-state index in [1.165, 1.54) is 7.05 Å². The first-order chi connectivity index (χ1) is 10.1. The molecular weight excluding hydrogens is 270 g/mol. The fourth-order valence-corrected chi connectivity index (χ4v) is 2.13. The van der Waals surface area contributed by atoms with Gasteiger partial charge in [0.15, 0.2) is 0 Å². The number of benzene rings is 1. The average molecular weight is 283 g/mol. The topological polar surface area (TPSA) is 74.6 Å². The average Bonchev–Trinajstić information content (AvgIpc) is 3.02. The molecule has 2 N–H and O–H groups in total. The molecule has 106 valence electrons. The molecule has 1 aromatic carbocycles. The van der Waals surface area contributed by atoms with Crippen molar-refractivity contribution in [1.29, 1.82) is 0 Å². The monoisotopic (exact) mass is 283 g/mol. The zero-order valence-corrected chi connectivity index (χ0v) is 11.3. The van der Waals surface area contributed by atoms with E-state index in [-0.39, 0.29) is 17.4 Å². The summed E-state index contributed by atoms with van der Waals surface area (Å²) in [5.74, 6) is -0.177. The molecule has 3 rings (SSSR count). The Bertz CT molecular complexity index is 744. The van der Waals surface area contributed by atoms with Gasteiger partial charge in [-0.2, -0.15) is 0 Å². The smallest absolute Gasteiger partial charge is 0.328 e. The predicted octanol–water partition coefficient (Wildman–Crippen LogP) is 1.71. The number of carbonyl (C=O) groups is 2. The molecule has 0 saturated carbocycles. The summed E-state index contributed by atoms with van der Waals surface area (Å²) < 4.78 is 1.85. The molecule has 0 unspecified atom stereocenters. The number of urea groups is 1. The number of nitrogens with zero attached hydrogens (tertiary/aromatic N) is 2. The number of aromatic hydroxyl groups is 1. The second-order valence-corrected chi connectivity index (χ2v) is 4.67. The maximum absolute atomic E-state index is 11.9. The highest BCUT2D eigenvalue weighted by Gasteiger charge is 2.30. The van der Waals surface area contributed by atoms with Gasteiger partial charge in [0.05, 0.1) is 0 Å². The van der Waals surface area contributed by atoms with E-state index in [1.54, 1.807) is 30.3 Å². The van der Waals surface area contributed by atoms with Gasteiger partial charge in [0.2, 0.25) is 0 Å². The highest BCUT2D eigenvalue weighted by atomic mass is 16.3. The molecule has 0 atom stereocenters. The number of rotatable bonds is 2. The Labute approximate surface area is 120 Å². The Morgan fingerprint density at radius 1 is 1.14 bits per heavy atom. The first-order valence-electron chi connectivity index (χ1n) is 6.34. The van der Waals surface area contributed by atoms with Crippen molar-refractivity contribution in [3.05, 3.63) is 54.0 Å². The molecule has 1 saturated heterocycles. The number of aromatic nitrogens is 1. The fraction of sp³-hybridized carbons (Fsp3) is 0.0667. The number of likely N-dealkylation sites (N-methyl/N-ethyl adjacent to an activating group) is 1. The molecule has 21 heavy (non-hydrogen) atoms. The van der Waals surface area contributed by atoms with Gasteiger partial charge in [0, 0.05) is 24.6 Å². The van der Waals surface area contributed by atoms with E-state index in [2.05, 4.69) is 5.32 Å². The van der Waals surface area contributed by atoms with Gasteiger partial charge in [0.1, 0.15) is 11.4 Å². The first kappa shape index (κ1) is 13.0. The van der Waals surface area contributed by atoms with E-state index in [4.69, 9.17) is 0 Å². The zero-order chi connectivity index (χ0) is 15.0. The molecule has 1 aliphatic rings. The van der Waals surface area contributed by atoms with Crippen LogP contribution < -0.4 is 5.32 Å². The maximum Gasteiger partial charge on any atom is 0.328 e. The zero-order valence-electron chi connectivity index (χ0n) is 11.3. The second kappa shape index (κ2) is 4.82. The third kappa shape index (κ3) is 2.27. The fourth-order valence-electron chi connectivity index (χ4n) is 2.13. The minimum absolute atomic E-state index is 0.186. The Kier molecular flexibility index (Phi) is 2.98. The quantitative estimate of drug-likeness (QED) is 0.651. The van der Waals surface area contributed by atoms with Gasteiger partial charge in [-0.3, -0.25) is 9.69 Å². The molecule has 1 aromatic heterocycles. The van der Waals surface area contributed by atoms with Crippen molar-refractivity contribution in [3.8, 4) is 11.4 Å². The van der Waals surface area contributed by atoms with Crippen LogP contribution in [0.3, 0.4) is 0 Å². The van der Waals surface area contributed by atoms with Crippen molar-refractivity contribution in [2.45, 2.75) is 0 Å². The number of amides is 3. The Hall–Kier alpha value is -3.02. The van der Waals surface area contributed by atoms with E-state index in [0.717, 1.165) is 16.3 Å². The lowest BCUT2D eigenvalue weighted by Gasteiger charge is -2.07. The van der Waals surface area contributed by atoms with Gasteiger partial charge in [-0.15, -0.1) is 0 Å². The molecule has 0 radical (unpaired) electrons. The van der Waals surface area contributed by atoms with Crippen LogP contribution >= 0.6 is 0 Å². The van der Waals surface area contributed by atoms with E-state index in [0.29, 0.717) is 0 Å². The van der Waals surface area contributed by atoms with E-state index in [1.807, 2.05) is 22.9 Å². The Morgan fingerprint density at radius 2 is 1.86 bits per heavy atom. The van der Waals surface area contributed by atoms with Crippen LogP contribution in [0.15, 0.2) is 48.3 Å². The highest BCUT2D eigenvalue weighted by molar-refractivity contribution is 6.13. The number of phenolic OH excluding ortho intramolecular Hbond substituents is 1. The van der Waals surface area contributed by atoms with Gasteiger partial charge >= 0.3 is 6.03 Å². The molecule has 1 aliphatic heterocycles. The van der Waals surface area contributed by atoms with Gasteiger partial charge in [0.25, 0.3) is 5.91 Å². The summed E-state index contributed by atoms with van der Waals surface area (Å²) in [4.78, 5) is 24.3. The lowest BCUT2D eigenvalue weighted by Crippen LogP contribution is -2.25. The predicted molar refractivity (Wildman–Crippen MR) is 76.7 cm³/mol. The second-order valence-electron chi connectivity index (χ2n) is 4.67. The third-order valence-corrected chi connectivity index (χ3v) is 3.28. The van der Waals surface area contributed by atoms with E-state index in [9.17, 15) is 14.7 Å². The van der Waals surface area contributed by atoms with E-state index < -0.39 is 6.03 Å². The largest absolute Gasteiger partial charge is 0.508 e. The first-order valence-corrected chi connectivity index (χ1v) is 6.34. The summed E-state index contributed by atoms with van der Waals surface area (Å²) in [6, 6.07) is 9.93. The summed E-state index contributed by atoms with van der Waals surface area (Å²) in [6.07, 6.45) is 3.46. The van der Waals surface area contributed by atoms with Crippen molar-refractivity contribution in [2.24, 2.45) is 0 Å². The number of nitrogens with one attached hydrogen (secondary N) is 1. The van der Waals surface area contributed by atoms with Crippen LogP contribution in [-0.2, 0) is 4.79 Å². The minimum Gasteiger partial charge on any atom is -0.508 e. The summed E-state index contributed by atoms with van der Waals surface area (Å²) in [6.45, 7) is 0. The Balaban J connectivity index is 1.99. The summed E-state index contributed by atoms with van der Waals surface area (Å²) >= 11 is 0. The molecular formula is C15H13N3O3. The van der Waals surface area contributed by atoms with Crippen molar-refractivity contribution in [3.63, 3.8) is 0 Å². The van der Waals surface area contributed by atoms with Gasteiger partial charge in [-0.1, -0.05) is 0 Å². The maximum atomic E-state index is 11.9. The van der Waals surface area contributed by atoms with Crippen LogP contribution in [0.5, 0.6) is 5.75 Å². The van der Waals surface area contributed by atoms with Crippen LogP contribution in [0.2, 0.25) is 0 Å². The molecule has 3 amide bonds. The molecule has 6 nitrogen and oxygen atoms in total. The minimum atomic E-state index is -0.436. The summed E-state index contributed by atoms with van der Waals surface area (Å²) in [5.41, 5.74) is 1.83. The summed E-state index contributed by atoms with van der Waals surface area (Å²) in [5, 5.41) is 11.9. The normalized spacial score (nSPS) is 16.6. The van der Waals surface area contributed by atoms with Gasteiger partial charge in [-0.25, -0.2) is 4.79 Å². The lowest BCUT2D eigenvalue weighted by atomic mass is 10.2. The van der Waals surface area contributed by atoms with Crippen LogP contribution in [0.25, 0.3) is 11.8 Å². The lowest BCUT2D eigenvalue weighted by molar-refractivity contribution is -0.121. The molecule has 1 fully saturated rings. The number of hydrogen-bond donors (Lipinski definition) is 2. The molecule has 2 aromatic rings. The number of phenols is 1. The summed E-state index contributed by atoms with van der Waals surface area (Å²) in [7, 11) is 1.43. The van der Waals surface area contributed by atoms with Crippen molar-refractivity contribution in [1.82, 2.24) is 14.8 Å². The number of hydrogen-bond acceptors (Lipinski definition) is 3. The molecule has 2 heterocycles. The van der Waals surface area contributed by atoms with Crippen molar-refractivity contribution in [2.75, 3.05) is 7.05 Å². The van der Waals surface area contributed by atoms with Gasteiger partial charge < -0.3 is 15.0 Å². The molecule has 0 aliphatic carbocycles. The van der Waals surface area contributed by atoms with Crippen LogP contribution in [0.4, 0.5) is 4.79 Å². The van der Waals surface area contributed by atoms with Crippen LogP contribution in [0.1, 0.15) is 5.69 Å². The van der Waals surface area contributed by atoms with E-state index >= 15 is 0 Å². The van der Waals surface area contributed by atoms with Gasteiger partial charge in [-0.05, 0) is 42.5 Å².